The van der Waals surface area contributed by atoms with Gasteiger partial charge in [-0.2, -0.15) is 0 Å². The van der Waals surface area contributed by atoms with Gasteiger partial charge in [0.2, 0.25) is 5.78 Å². The zero-order valence-electron chi connectivity index (χ0n) is 16.2. The van der Waals surface area contributed by atoms with E-state index in [1.807, 2.05) is 0 Å². The van der Waals surface area contributed by atoms with Gasteiger partial charge in [0, 0.05) is 10.6 Å². The molecular formula is C22H20ClNO5. The van der Waals surface area contributed by atoms with E-state index in [-0.39, 0.29) is 11.1 Å². The van der Waals surface area contributed by atoms with Crippen LogP contribution < -0.4 is 0 Å². The molecule has 0 aliphatic carbocycles. The molecule has 0 saturated carbocycles. The summed E-state index contributed by atoms with van der Waals surface area (Å²) in [5.41, 5.74) is 0.846. The quantitative estimate of drug-likeness (QED) is 0.409. The molecule has 1 aliphatic heterocycles. The molecule has 7 heteroatoms. The molecule has 1 aliphatic rings. The third-order valence-corrected chi connectivity index (χ3v) is 5.02. The Labute approximate surface area is 173 Å². The lowest BCUT2D eigenvalue weighted by Gasteiger charge is -2.28. The van der Waals surface area contributed by atoms with Gasteiger partial charge in [0.25, 0.3) is 11.8 Å². The summed E-state index contributed by atoms with van der Waals surface area (Å²) in [5, 5.41) is 0.483. The number of hydrogen-bond acceptors (Lipinski definition) is 5. The van der Waals surface area contributed by atoms with Gasteiger partial charge in [-0.1, -0.05) is 37.6 Å². The van der Waals surface area contributed by atoms with Crippen LogP contribution in [0.3, 0.4) is 0 Å². The lowest BCUT2D eigenvalue weighted by atomic mass is 10.0. The van der Waals surface area contributed by atoms with Crippen LogP contribution in [0.15, 0.2) is 48.5 Å². The lowest BCUT2D eigenvalue weighted by molar-refractivity contribution is -0.152. The van der Waals surface area contributed by atoms with Gasteiger partial charge < -0.3 is 4.74 Å². The monoisotopic (exact) mass is 413 g/mol. The Kier molecular flexibility index (Phi) is 5.84. The Hall–Kier alpha value is -2.99. The molecule has 0 fully saturated rings. The van der Waals surface area contributed by atoms with E-state index in [0.29, 0.717) is 10.6 Å². The summed E-state index contributed by atoms with van der Waals surface area (Å²) in [6.07, 6.45) is -1.08. The molecule has 2 atom stereocenters. The summed E-state index contributed by atoms with van der Waals surface area (Å²) in [7, 11) is 0. The minimum absolute atomic E-state index is 0.251. The molecule has 2 aromatic carbocycles. The summed E-state index contributed by atoms with van der Waals surface area (Å²) in [6, 6.07) is 11.5. The fourth-order valence-corrected chi connectivity index (χ4v) is 3.41. The molecule has 0 radical (unpaired) electrons. The van der Waals surface area contributed by atoms with Crippen LogP contribution in [0, 0.1) is 5.92 Å². The van der Waals surface area contributed by atoms with Crippen LogP contribution in [0.25, 0.3) is 0 Å². The number of ether oxygens (including phenoxy) is 1. The number of hydrogen-bond donors (Lipinski definition) is 0. The maximum Gasteiger partial charge on any atom is 0.330 e. The van der Waals surface area contributed by atoms with Gasteiger partial charge in [0.1, 0.15) is 6.04 Å². The van der Waals surface area contributed by atoms with Crippen LogP contribution in [-0.2, 0) is 9.53 Å². The minimum Gasteiger partial charge on any atom is -0.453 e. The number of imide groups is 1. The number of nitrogens with zero attached hydrogens (tertiary/aromatic N) is 1. The van der Waals surface area contributed by atoms with E-state index in [1.54, 1.807) is 62.4 Å². The number of carbonyl (C=O) groups excluding carboxylic acids is 4. The number of carbonyl (C=O) groups is 4. The Morgan fingerprint density at radius 3 is 1.90 bits per heavy atom. The number of amides is 2. The SMILES string of the molecule is CC(C)[C@@H](C(=O)O[C@@H](C)C(=O)c1ccc(Cl)cc1)N1C(=O)c2ccccc2C1=O. The molecule has 150 valence electrons. The number of fused-ring (bicyclic) bond motifs is 1. The molecular weight excluding hydrogens is 394 g/mol. The molecule has 2 aromatic rings. The first-order chi connectivity index (χ1) is 13.7. The van der Waals surface area contributed by atoms with E-state index in [4.69, 9.17) is 16.3 Å². The summed E-state index contributed by atoms with van der Waals surface area (Å²) in [5.74, 6) is -2.69. The second kappa shape index (κ2) is 8.17. The van der Waals surface area contributed by atoms with E-state index in [1.165, 1.54) is 6.92 Å². The van der Waals surface area contributed by atoms with Gasteiger partial charge in [0.05, 0.1) is 11.1 Å². The second-order valence-corrected chi connectivity index (χ2v) is 7.60. The van der Waals surface area contributed by atoms with E-state index >= 15 is 0 Å². The van der Waals surface area contributed by atoms with Gasteiger partial charge in [-0.3, -0.25) is 19.3 Å². The van der Waals surface area contributed by atoms with Crippen molar-refractivity contribution < 1.29 is 23.9 Å². The third-order valence-electron chi connectivity index (χ3n) is 4.77. The van der Waals surface area contributed by atoms with Crippen molar-refractivity contribution in [1.29, 1.82) is 0 Å². The van der Waals surface area contributed by atoms with Gasteiger partial charge in [-0.15, -0.1) is 0 Å². The van der Waals surface area contributed by atoms with E-state index < -0.39 is 41.6 Å². The standard InChI is InChI=1S/C22H20ClNO5/c1-12(2)18(24-20(26)16-6-4-5-7-17(16)21(24)27)22(28)29-13(3)19(25)14-8-10-15(23)11-9-14/h4-13,18H,1-3H3/t13-,18-/m0/s1. The van der Waals surface area contributed by atoms with Gasteiger partial charge in [0.15, 0.2) is 6.10 Å². The normalized spacial score (nSPS) is 15.3. The van der Waals surface area contributed by atoms with Crippen molar-refractivity contribution in [3.63, 3.8) is 0 Å². The third kappa shape index (κ3) is 3.93. The van der Waals surface area contributed by atoms with E-state index in [9.17, 15) is 19.2 Å². The van der Waals surface area contributed by atoms with Gasteiger partial charge >= 0.3 is 5.97 Å². The van der Waals surface area contributed by atoms with Gasteiger partial charge in [-0.25, -0.2) is 4.79 Å². The predicted molar refractivity (Wildman–Crippen MR) is 107 cm³/mol. The van der Waals surface area contributed by atoms with Crippen LogP contribution in [0.1, 0.15) is 51.8 Å². The van der Waals surface area contributed by atoms with Crippen molar-refractivity contribution in [2.24, 2.45) is 5.92 Å². The Morgan fingerprint density at radius 2 is 1.41 bits per heavy atom. The summed E-state index contributed by atoms with van der Waals surface area (Å²) >= 11 is 5.83. The Balaban J connectivity index is 1.80. The molecule has 0 spiro atoms. The largest absolute Gasteiger partial charge is 0.453 e. The van der Waals surface area contributed by atoms with Crippen molar-refractivity contribution in [2.45, 2.75) is 32.9 Å². The molecule has 29 heavy (non-hydrogen) atoms. The second-order valence-electron chi connectivity index (χ2n) is 7.17. The molecule has 0 unspecified atom stereocenters. The van der Waals surface area contributed by atoms with Crippen molar-refractivity contribution >= 4 is 35.2 Å². The number of benzene rings is 2. The fourth-order valence-electron chi connectivity index (χ4n) is 3.28. The minimum atomic E-state index is -1.14. The molecule has 1 heterocycles. The zero-order valence-corrected chi connectivity index (χ0v) is 17.0. The number of esters is 1. The van der Waals surface area contributed by atoms with E-state index in [0.717, 1.165) is 4.90 Å². The smallest absolute Gasteiger partial charge is 0.330 e. The maximum absolute atomic E-state index is 12.9. The molecule has 3 rings (SSSR count). The van der Waals surface area contributed by atoms with Crippen LogP contribution in [0.5, 0.6) is 0 Å². The highest BCUT2D eigenvalue weighted by Crippen LogP contribution is 2.28. The first-order valence-electron chi connectivity index (χ1n) is 9.19. The number of Topliss-reactive ketones (excluding diaryl/α,β-unsaturated/α-hetero) is 1. The maximum atomic E-state index is 12.9. The summed E-state index contributed by atoms with van der Waals surface area (Å²) < 4.78 is 5.36. The number of rotatable bonds is 6. The van der Waals surface area contributed by atoms with Crippen LogP contribution in [0.2, 0.25) is 5.02 Å². The zero-order chi connectivity index (χ0) is 21.3. The van der Waals surface area contributed by atoms with E-state index in [2.05, 4.69) is 0 Å². The van der Waals surface area contributed by atoms with Crippen LogP contribution in [0.4, 0.5) is 0 Å². The average Bonchev–Trinajstić information content (AvgIpc) is 2.93. The van der Waals surface area contributed by atoms with Crippen molar-refractivity contribution in [3.05, 3.63) is 70.2 Å². The molecule has 0 saturated heterocycles. The van der Waals surface area contributed by atoms with Crippen molar-refractivity contribution in [3.8, 4) is 0 Å². The summed E-state index contributed by atoms with van der Waals surface area (Å²) in [6.45, 7) is 4.87. The molecule has 2 amide bonds. The Bertz CT molecular complexity index is 948. The first-order valence-corrected chi connectivity index (χ1v) is 9.57. The average molecular weight is 414 g/mol. The topological polar surface area (TPSA) is 80.8 Å². The van der Waals surface area contributed by atoms with Crippen molar-refractivity contribution in [1.82, 2.24) is 4.90 Å². The molecule has 0 aromatic heterocycles. The first kappa shape index (κ1) is 20.7. The lowest BCUT2D eigenvalue weighted by Crippen LogP contribution is -2.49. The molecule has 6 nitrogen and oxygen atoms in total. The molecule has 0 bridgehead atoms. The fraction of sp³-hybridized carbons (Fsp3) is 0.273. The highest BCUT2D eigenvalue weighted by Gasteiger charge is 2.45. The van der Waals surface area contributed by atoms with Crippen LogP contribution >= 0.6 is 11.6 Å². The Morgan fingerprint density at radius 1 is 0.897 bits per heavy atom. The summed E-state index contributed by atoms with van der Waals surface area (Å²) in [4.78, 5) is 51.8. The molecule has 0 N–H and O–H groups in total. The van der Waals surface area contributed by atoms with Crippen molar-refractivity contribution in [2.75, 3.05) is 0 Å². The van der Waals surface area contributed by atoms with Crippen LogP contribution in [-0.4, -0.2) is 40.6 Å². The highest BCUT2D eigenvalue weighted by atomic mass is 35.5. The number of halogens is 1. The number of ketones is 1. The van der Waals surface area contributed by atoms with Gasteiger partial charge in [-0.05, 0) is 49.2 Å². The predicted octanol–water partition coefficient (Wildman–Crippen LogP) is 3.78. The highest BCUT2D eigenvalue weighted by molar-refractivity contribution is 6.30.